The van der Waals surface area contributed by atoms with Gasteiger partial charge in [0, 0.05) is 9.50 Å². The molecule has 0 spiro atoms. The highest BCUT2D eigenvalue weighted by Crippen LogP contribution is 2.27. The molecule has 21 heavy (non-hydrogen) atoms. The topological polar surface area (TPSA) is 38.3 Å². The largest absolute Gasteiger partial charge is 0.433 e. The number of nitrogens with one attached hydrogen (secondary N) is 1. The lowest BCUT2D eigenvalue weighted by molar-refractivity contribution is -0.0493. The monoisotopic (exact) mass is 375 g/mol. The van der Waals surface area contributed by atoms with Crippen molar-refractivity contribution in [3.05, 3.63) is 57.5 Å². The van der Waals surface area contributed by atoms with E-state index in [1.165, 1.54) is 24.3 Å². The summed E-state index contributed by atoms with van der Waals surface area (Å²) in [6.07, 6.45) is 0. The van der Waals surface area contributed by atoms with Crippen LogP contribution < -0.4 is 10.1 Å². The summed E-state index contributed by atoms with van der Waals surface area (Å²) in [6, 6.07) is 10.6. The lowest BCUT2D eigenvalue weighted by atomic mass is 10.2. The van der Waals surface area contributed by atoms with Crippen LogP contribution in [-0.4, -0.2) is 12.5 Å². The Balaban J connectivity index is 2.23. The van der Waals surface area contributed by atoms with Crippen molar-refractivity contribution in [2.45, 2.75) is 6.61 Å². The van der Waals surface area contributed by atoms with Gasteiger partial charge in [0.05, 0.1) is 11.3 Å². The molecule has 2 aromatic rings. The molecule has 0 saturated heterocycles. The van der Waals surface area contributed by atoms with Crippen molar-refractivity contribution >= 4 is 39.1 Å². The van der Waals surface area contributed by atoms with Gasteiger partial charge in [-0.05, 0) is 46.3 Å². The molecule has 3 nitrogen and oxygen atoms in total. The van der Waals surface area contributed by atoms with Crippen molar-refractivity contribution in [1.82, 2.24) is 0 Å². The van der Waals surface area contributed by atoms with Gasteiger partial charge < -0.3 is 10.1 Å². The van der Waals surface area contributed by atoms with Gasteiger partial charge in [-0.2, -0.15) is 8.78 Å². The van der Waals surface area contributed by atoms with Crippen LogP contribution in [0.3, 0.4) is 0 Å². The van der Waals surface area contributed by atoms with Crippen LogP contribution >= 0.6 is 27.5 Å². The minimum Gasteiger partial charge on any atom is -0.433 e. The molecular weight excluding hydrogens is 368 g/mol. The van der Waals surface area contributed by atoms with E-state index < -0.39 is 12.5 Å². The summed E-state index contributed by atoms with van der Waals surface area (Å²) in [6.45, 7) is -2.97. The lowest BCUT2D eigenvalue weighted by Gasteiger charge is -2.12. The normalized spacial score (nSPS) is 10.5. The molecule has 1 N–H and O–H groups in total. The van der Waals surface area contributed by atoms with Crippen LogP contribution in [0.1, 0.15) is 10.4 Å². The highest BCUT2D eigenvalue weighted by Gasteiger charge is 2.14. The second-order valence-electron chi connectivity index (χ2n) is 3.95. The zero-order valence-corrected chi connectivity index (χ0v) is 12.8. The third-order valence-electron chi connectivity index (χ3n) is 2.53. The number of hydrogen-bond acceptors (Lipinski definition) is 2. The van der Waals surface area contributed by atoms with Gasteiger partial charge >= 0.3 is 6.61 Å². The fraction of sp³-hybridized carbons (Fsp3) is 0.0714. The summed E-state index contributed by atoms with van der Waals surface area (Å²) >= 11 is 9.02. The van der Waals surface area contributed by atoms with E-state index in [0.717, 1.165) is 0 Å². The Morgan fingerprint density at radius 3 is 2.62 bits per heavy atom. The van der Waals surface area contributed by atoms with Crippen LogP contribution in [0.2, 0.25) is 5.02 Å². The number of carbonyl (C=O) groups is 1. The molecule has 0 atom stereocenters. The van der Waals surface area contributed by atoms with Crippen LogP contribution in [0.25, 0.3) is 0 Å². The molecule has 110 valence electrons. The molecule has 0 unspecified atom stereocenters. The number of benzene rings is 2. The minimum absolute atomic E-state index is 0.106. The molecule has 2 aromatic carbocycles. The average molecular weight is 377 g/mol. The Bertz CT molecular complexity index is 667. The molecule has 0 aromatic heterocycles. The number of ether oxygens (including phenoxy) is 1. The summed E-state index contributed by atoms with van der Waals surface area (Å²) in [7, 11) is 0. The van der Waals surface area contributed by atoms with Gasteiger partial charge in [0.15, 0.2) is 0 Å². The zero-order valence-electron chi connectivity index (χ0n) is 10.4. The number of halogens is 4. The highest BCUT2D eigenvalue weighted by atomic mass is 79.9. The summed E-state index contributed by atoms with van der Waals surface area (Å²) in [5.74, 6) is -0.574. The van der Waals surface area contributed by atoms with Gasteiger partial charge in [-0.1, -0.05) is 23.7 Å². The van der Waals surface area contributed by atoms with Gasteiger partial charge in [-0.3, -0.25) is 4.79 Å². The van der Waals surface area contributed by atoms with Crippen LogP contribution in [0.5, 0.6) is 5.75 Å². The second-order valence-corrected chi connectivity index (χ2v) is 5.24. The number of alkyl halides is 2. The Hall–Kier alpha value is -1.66. The fourth-order valence-electron chi connectivity index (χ4n) is 1.63. The van der Waals surface area contributed by atoms with E-state index in [-0.39, 0.29) is 11.4 Å². The van der Waals surface area contributed by atoms with Crippen molar-refractivity contribution in [3.63, 3.8) is 0 Å². The van der Waals surface area contributed by atoms with Crippen molar-refractivity contribution in [2.75, 3.05) is 5.32 Å². The quantitative estimate of drug-likeness (QED) is 0.819. The first-order valence-corrected chi connectivity index (χ1v) is 6.94. The van der Waals surface area contributed by atoms with Gasteiger partial charge in [0.2, 0.25) is 0 Å². The van der Waals surface area contributed by atoms with Crippen molar-refractivity contribution in [2.24, 2.45) is 0 Å². The van der Waals surface area contributed by atoms with E-state index in [9.17, 15) is 13.6 Å². The summed E-state index contributed by atoms with van der Waals surface area (Å²) in [5, 5.41) is 2.99. The number of anilines is 1. The number of carbonyl (C=O) groups excluding carboxylic acids is 1. The molecule has 0 fully saturated rings. The smallest absolute Gasteiger partial charge is 0.387 e. The van der Waals surface area contributed by atoms with Gasteiger partial charge in [0.1, 0.15) is 5.75 Å². The highest BCUT2D eigenvalue weighted by molar-refractivity contribution is 9.10. The molecule has 0 aliphatic rings. The Morgan fingerprint density at radius 1 is 1.24 bits per heavy atom. The van der Waals surface area contributed by atoms with Gasteiger partial charge in [0.25, 0.3) is 5.91 Å². The van der Waals surface area contributed by atoms with E-state index in [1.54, 1.807) is 18.2 Å². The van der Waals surface area contributed by atoms with Crippen molar-refractivity contribution in [3.8, 4) is 5.75 Å². The van der Waals surface area contributed by atoms with E-state index in [1.807, 2.05) is 0 Å². The molecule has 0 bridgehead atoms. The first kappa shape index (κ1) is 15.7. The van der Waals surface area contributed by atoms with E-state index in [0.29, 0.717) is 15.1 Å². The van der Waals surface area contributed by atoms with Gasteiger partial charge in [-0.25, -0.2) is 0 Å². The average Bonchev–Trinajstić information content (AvgIpc) is 2.40. The predicted octanol–water partition coefficient (Wildman–Crippen LogP) is 4.96. The minimum atomic E-state index is -2.97. The second kappa shape index (κ2) is 6.87. The number of amides is 1. The molecule has 0 heterocycles. The molecule has 2 rings (SSSR count). The molecular formula is C14H9BrClF2NO2. The third-order valence-corrected chi connectivity index (χ3v) is 3.42. The standard InChI is InChI=1S/C14H9BrClF2NO2/c15-10-7-8(16)5-6-9(10)13(20)19-11-3-1-2-4-12(11)21-14(17)18/h1-7,14H,(H,19,20). The predicted molar refractivity (Wildman–Crippen MR) is 80.2 cm³/mol. The molecule has 7 heteroatoms. The van der Waals surface area contributed by atoms with Crippen LogP contribution in [-0.2, 0) is 0 Å². The third kappa shape index (κ3) is 4.15. The maximum atomic E-state index is 12.3. The van der Waals surface area contributed by atoms with Crippen LogP contribution in [0.15, 0.2) is 46.9 Å². The molecule has 0 aliphatic carbocycles. The number of rotatable bonds is 4. The fourth-order valence-corrected chi connectivity index (χ4v) is 2.49. The Labute approximate surface area is 133 Å². The lowest BCUT2D eigenvalue weighted by Crippen LogP contribution is -2.14. The Morgan fingerprint density at radius 2 is 1.95 bits per heavy atom. The number of para-hydroxylation sites is 2. The SMILES string of the molecule is O=C(Nc1ccccc1OC(F)F)c1ccc(Cl)cc1Br. The molecule has 0 saturated carbocycles. The maximum Gasteiger partial charge on any atom is 0.387 e. The molecule has 0 radical (unpaired) electrons. The van der Waals surface area contributed by atoms with Crippen molar-refractivity contribution < 1.29 is 18.3 Å². The summed E-state index contributed by atoms with van der Waals surface area (Å²) in [4.78, 5) is 12.2. The molecule has 1 amide bonds. The Kier molecular flexibility index (Phi) is 5.14. The van der Waals surface area contributed by atoms with Crippen LogP contribution in [0.4, 0.5) is 14.5 Å². The maximum absolute atomic E-state index is 12.3. The summed E-state index contributed by atoms with van der Waals surface area (Å²) in [5.41, 5.74) is 0.482. The van der Waals surface area contributed by atoms with Crippen molar-refractivity contribution in [1.29, 1.82) is 0 Å². The number of hydrogen-bond donors (Lipinski definition) is 1. The van der Waals surface area contributed by atoms with Crippen LogP contribution in [0, 0.1) is 0 Å². The zero-order chi connectivity index (χ0) is 15.4. The molecule has 0 aliphatic heterocycles. The van der Waals surface area contributed by atoms with E-state index >= 15 is 0 Å². The van der Waals surface area contributed by atoms with E-state index in [4.69, 9.17) is 11.6 Å². The first-order chi connectivity index (χ1) is 9.97. The van der Waals surface area contributed by atoms with E-state index in [2.05, 4.69) is 26.0 Å². The van der Waals surface area contributed by atoms with Gasteiger partial charge in [-0.15, -0.1) is 0 Å². The summed E-state index contributed by atoms with van der Waals surface area (Å²) < 4.78 is 29.5. The first-order valence-electron chi connectivity index (χ1n) is 5.77.